The van der Waals surface area contributed by atoms with E-state index < -0.39 is 5.97 Å². The Balaban J connectivity index is 1.67. The van der Waals surface area contributed by atoms with Gasteiger partial charge in [-0.05, 0) is 56.5 Å². The SMILES string of the molecule is Cc1cc(C)cc(OCC(=O)N2CCN(CCCCC(=O)O)CC2)c1. The number of carbonyl (C=O) groups is 2. The van der Waals surface area contributed by atoms with Crippen LogP contribution in [-0.4, -0.2) is 66.1 Å². The van der Waals surface area contributed by atoms with Crippen LogP contribution in [0.1, 0.15) is 30.4 Å². The molecule has 1 fully saturated rings. The molecule has 0 bridgehead atoms. The van der Waals surface area contributed by atoms with Crippen LogP contribution in [0.25, 0.3) is 0 Å². The number of aryl methyl sites for hydroxylation is 2. The molecule has 0 aromatic heterocycles. The van der Waals surface area contributed by atoms with Gasteiger partial charge in [-0.25, -0.2) is 0 Å². The van der Waals surface area contributed by atoms with Gasteiger partial charge in [0.25, 0.3) is 5.91 Å². The second-order valence-corrected chi connectivity index (χ2v) is 6.69. The van der Waals surface area contributed by atoms with Crippen molar-refractivity contribution in [2.75, 3.05) is 39.3 Å². The Bertz CT molecular complexity index is 575. The first-order valence-corrected chi connectivity index (χ1v) is 8.87. The first kappa shape index (κ1) is 19.2. The first-order valence-electron chi connectivity index (χ1n) is 8.87. The van der Waals surface area contributed by atoms with E-state index >= 15 is 0 Å². The van der Waals surface area contributed by atoms with Crippen molar-refractivity contribution in [1.82, 2.24) is 9.80 Å². The minimum atomic E-state index is -0.737. The smallest absolute Gasteiger partial charge is 0.303 e. The third-order valence-electron chi connectivity index (χ3n) is 4.40. The molecule has 0 unspecified atom stereocenters. The number of hydrogen-bond donors (Lipinski definition) is 1. The largest absolute Gasteiger partial charge is 0.484 e. The van der Waals surface area contributed by atoms with E-state index in [0.29, 0.717) is 19.5 Å². The van der Waals surface area contributed by atoms with E-state index in [1.807, 2.05) is 30.9 Å². The first-order chi connectivity index (χ1) is 11.9. The number of aliphatic carboxylic acids is 1. The number of piperazine rings is 1. The molecule has 1 saturated heterocycles. The summed E-state index contributed by atoms with van der Waals surface area (Å²) in [6.07, 6.45) is 1.82. The van der Waals surface area contributed by atoms with Crippen molar-refractivity contribution in [3.05, 3.63) is 29.3 Å². The predicted octanol–water partition coefficient (Wildman–Crippen LogP) is 2.08. The number of unbranched alkanes of at least 4 members (excludes halogenated alkanes) is 1. The molecule has 6 heteroatoms. The lowest BCUT2D eigenvalue weighted by Gasteiger charge is -2.34. The van der Waals surface area contributed by atoms with Crippen LogP contribution >= 0.6 is 0 Å². The highest BCUT2D eigenvalue weighted by molar-refractivity contribution is 5.77. The maximum Gasteiger partial charge on any atom is 0.303 e. The number of benzene rings is 1. The molecule has 0 aliphatic carbocycles. The fourth-order valence-corrected chi connectivity index (χ4v) is 3.09. The highest BCUT2D eigenvalue weighted by atomic mass is 16.5. The third-order valence-corrected chi connectivity index (χ3v) is 4.40. The van der Waals surface area contributed by atoms with Crippen LogP contribution in [-0.2, 0) is 9.59 Å². The summed E-state index contributed by atoms with van der Waals surface area (Å²) in [7, 11) is 0. The van der Waals surface area contributed by atoms with E-state index in [2.05, 4.69) is 11.0 Å². The summed E-state index contributed by atoms with van der Waals surface area (Å²) in [5.41, 5.74) is 2.25. The second kappa shape index (κ2) is 9.42. The summed E-state index contributed by atoms with van der Waals surface area (Å²) in [4.78, 5) is 26.9. The summed E-state index contributed by atoms with van der Waals surface area (Å²) >= 11 is 0. The van der Waals surface area contributed by atoms with Crippen molar-refractivity contribution in [1.29, 1.82) is 0 Å². The van der Waals surface area contributed by atoms with Crippen LogP contribution in [0.2, 0.25) is 0 Å². The zero-order chi connectivity index (χ0) is 18.2. The van der Waals surface area contributed by atoms with Gasteiger partial charge in [0.1, 0.15) is 5.75 Å². The average Bonchev–Trinajstić information content (AvgIpc) is 2.56. The predicted molar refractivity (Wildman–Crippen MR) is 95.9 cm³/mol. The highest BCUT2D eigenvalue weighted by Crippen LogP contribution is 2.16. The molecule has 0 spiro atoms. The number of carboxylic acids is 1. The average molecular weight is 348 g/mol. The Morgan fingerprint density at radius 3 is 2.28 bits per heavy atom. The molecule has 138 valence electrons. The molecule has 1 aromatic rings. The summed E-state index contributed by atoms with van der Waals surface area (Å²) < 4.78 is 5.65. The summed E-state index contributed by atoms with van der Waals surface area (Å²) in [5, 5.41) is 8.64. The van der Waals surface area contributed by atoms with E-state index in [-0.39, 0.29) is 18.9 Å². The van der Waals surface area contributed by atoms with Crippen LogP contribution in [0.15, 0.2) is 18.2 Å². The number of carboxylic acid groups (broad SMARTS) is 1. The molecule has 1 aliphatic rings. The second-order valence-electron chi connectivity index (χ2n) is 6.69. The number of ether oxygens (including phenoxy) is 1. The standard InChI is InChI=1S/C19H28N2O4/c1-15-11-16(2)13-17(12-15)25-14-18(22)21-9-7-20(8-10-21)6-4-3-5-19(23)24/h11-13H,3-10,14H2,1-2H3,(H,23,24). The normalized spacial score (nSPS) is 15.2. The van der Waals surface area contributed by atoms with Crippen LogP contribution in [0.3, 0.4) is 0 Å². The quantitative estimate of drug-likeness (QED) is 0.729. The molecule has 1 N–H and O–H groups in total. The zero-order valence-corrected chi connectivity index (χ0v) is 15.2. The minimum absolute atomic E-state index is 0.0182. The topological polar surface area (TPSA) is 70.1 Å². The lowest BCUT2D eigenvalue weighted by molar-refractivity contribution is -0.137. The van der Waals surface area contributed by atoms with Gasteiger partial charge in [-0.15, -0.1) is 0 Å². The molecule has 6 nitrogen and oxygen atoms in total. The summed E-state index contributed by atoms with van der Waals surface area (Å²) in [5.74, 6) is 0.0202. The molecule has 1 heterocycles. The lowest BCUT2D eigenvalue weighted by Crippen LogP contribution is -2.50. The highest BCUT2D eigenvalue weighted by Gasteiger charge is 2.21. The van der Waals surface area contributed by atoms with Crippen molar-refractivity contribution in [2.24, 2.45) is 0 Å². The van der Waals surface area contributed by atoms with Gasteiger partial charge in [0, 0.05) is 32.6 Å². The lowest BCUT2D eigenvalue weighted by atomic mass is 10.1. The van der Waals surface area contributed by atoms with Gasteiger partial charge in [0.15, 0.2) is 6.61 Å². The molecule has 1 aliphatic heterocycles. The van der Waals surface area contributed by atoms with Crippen molar-refractivity contribution in [3.63, 3.8) is 0 Å². The molecular formula is C19H28N2O4. The molecular weight excluding hydrogens is 320 g/mol. The number of amides is 1. The Kier molecular flexibility index (Phi) is 7.25. The molecule has 0 saturated carbocycles. The monoisotopic (exact) mass is 348 g/mol. The van der Waals surface area contributed by atoms with E-state index in [1.54, 1.807) is 0 Å². The Morgan fingerprint density at radius 2 is 1.68 bits per heavy atom. The number of carbonyl (C=O) groups excluding carboxylic acids is 1. The zero-order valence-electron chi connectivity index (χ0n) is 15.2. The molecule has 25 heavy (non-hydrogen) atoms. The van der Waals surface area contributed by atoms with E-state index in [0.717, 1.165) is 42.9 Å². The molecule has 1 amide bonds. The van der Waals surface area contributed by atoms with Gasteiger partial charge in [0.2, 0.25) is 0 Å². The summed E-state index contributed by atoms with van der Waals surface area (Å²) in [6.45, 7) is 8.07. The van der Waals surface area contributed by atoms with E-state index in [1.165, 1.54) is 0 Å². The van der Waals surface area contributed by atoms with Crippen LogP contribution in [0, 0.1) is 13.8 Å². The number of rotatable bonds is 8. The number of hydrogen-bond acceptors (Lipinski definition) is 4. The van der Waals surface area contributed by atoms with E-state index in [9.17, 15) is 9.59 Å². The van der Waals surface area contributed by atoms with Crippen molar-refractivity contribution < 1.29 is 19.4 Å². The van der Waals surface area contributed by atoms with E-state index in [4.69, 9.17) is 9.84 Å². The molecule has 1 aromatic carbocycles. The fourth-order valence-electron chi connectivity index (χ4n) is 3.09. The van der Waals surface area contributed by atoms with Crippen LogP contribution in [0.4, 0.5) is 0 Å². The van der Waals surface area contributed by atoms with Gasteiger partial charge >= 0.3 is 5.97 Å². The summed E-state index contributed by atoms with van der Waals surface area (Å²) in [6, 6.07) is 5.95. The molecule has 2 rings (SSSR count). The Labute approximate surface area is 149 Å². The maximum atomic E-state index is 12.3. The van der Waals surface area contributed by atoms with Gasteiger partial charge in [-0.3, -0.25) is 14.5 Å². The van der Waals surface area contributed by atoms with Crippen LogP contribution in [0.5, 0.6) is 5.75 Å². The van der Waals surface area contributed by atoms with Crippen LogP contribution < -0.4 is 4.74 Å². The van der Waals surface area contributed by atoms with Crippen molar-refractivity contribution in [3.8, 4) is 5.75 Å². The minimum Gasteiger partial charge on any atom is -0.484 e. The number of nitrogens with zero attached hydrogens (tertiary/aromatic N) is 2. The van der Waals surface area contributed by atoms with Gasteiger partial charge in [-0.1, -0.05) is 6.07 Å². The van der Waals surface area contributed by atoms with Crippen molar-refractivity contribution in [2.45, 2.75) is 33.1 Å². The third kappa shape index (κ3) is 6.74. The van der Waals surface area contributed by atoms with Gasteiger partial charge < -0.3 is 14.7 Å². The van der Waals surface area contributed by atoms with Gasteiger partial charge in [-0.2, -0.15) is 0 Å². The Morgan fingerprint density at radius 1 is 1.04 bits per heavy atom. The van der Waals surface area contributed by atoms with Gasteiger partial charge in [0.05, 0.1) is 0 Å². The Hall–Kier alpha value is -2.08. The molecule has 0 atom stereocenters. The fraction of sp³-hybridized carbons (Fsp3) is 0.579. The molecule has 0 radical (unpaired) electrons. The maximum absolute atomic E-state index is 12.3. The van der Waals surface area contributed by atoms with Crippen molar-refractivity contribution >= 4 is 11.9 Å².